The average Bonchev–Trinajstić information content (AvgIpc) is 2.57. The molecule has 1 atom stereocenters. The third-order valence-corrected chi connectivity index (χ3v) is 3.82. The Balaban J connectivity index is 2.40. The van der Waals surface area contributed by atoms with Crippen molar-refractivity contribution in [3.63, 3.8) is 0 Å². The van der Waals surface area contributed by atoms with Crippen LogP contribution in [0.2, 0.25) is 5.02 Å². The number of alkyl halides is 3. The van der Waals surface area contributed by atoms with E-state index in [1.54, 1.807) is 0 Å². The van der Waals surface area contributed by atoms with Crippen molar-refractivity contribution < 1.29 is 31.9 Å². The highest BCUT2D eigenvalue weighted by molar-refractivity contribution is 6.33. The summed E-state index contributed by atoms with van der Waals surface area (Å²) in [6, 6.07) is 4.03. The predicted molar refractivity (Wildman–Crippen MR) is 89.4 cm³/mol. The molecule has 2 aromatic rings. The maximum Gasteiger partial charge on any atom is 0.416 e. The van der Waals surface area contributed by atoms with E-state index in [-0.39, 0.29) is 28.3 Å². The molecule has 2 aromatic carbocycles. The summed E-state index contributed by atoms with van der Waals surface area (Å²) in [7, 11) is 0. The number of aromatic carboxylic acids is 1. The minimum absolute atomic E-state index is 0.0493. The van der Waals surface area contributed by atoms with Crippen LogP contribution in [-0.2, 0) is 6.18 Å². The zero-order valence-corrected chi connectivity index (χ0v) is 13.9. The zero-order valence-electron chi connectivity index (χ0n) is 13.2. The smallest absolute Gasteiger partial charge is 0.416 e. The number of benzene rings is 2. The molecule has 142 valence electrons. The summed E-state index contributed by atoms with van der Waals surface area (Å²) in [6.45, 7) is 0. The minimum Gasteiger partial charge on any atom is -0.478 e. The van der Waals surface area contributed by atoms with Crippen molar-refractivity contribution in [2.75, 3.05) is 0 Å². The Morgan fingerprint density at radius 1 is 1.19 bits per heavy atom. The molecule has 0 bridgehead atoms. The molecule has 0 saturated carbocycles. The van der Waals surface area contributed by atoms with Gasteiger partial charge in [0.25, 0.3) is 0 Å². The molecule has 10 heteroatoms. The molecule has 0 fully saturated rings. The lowest BCUT2D eigenvalue weighted by Crippen LogP contribution is -2.07. The molecule has 0 saturated heterocycles. The van der Waals surface area contributed by atoms with E-state index in [1.165, 1.54) is 12.1 Å². The van der Waals surface area contributed by atoms with Crippen molar-refractivity contribution in [2.45, 2.75) is 12.1 Å². The van der Waals surface area contributed by atoms with Gasteiger partial charge in [-0.15, -0.1) is 0 Å². The number of halogens is 6. The second kappa shape index (κ2) is 7.83. The van der Waals surface area contributed by atoms with Gasteiger partial charge in [0.15, 0.2) is 11.6 Å². The van der Waals surface area contributed by atoms with Crippen LogP contribution in [0.15, 0.2) is 35.3 Å². The monoisotopic (exact) mass is 404 g/mol. The van der Waals surface area contributed by atoms with Crippen molar-refractivity contribution in [3.8, 4) is 0 Å². The van der Waals surface area contributed by atoms with E-state index in [2.05, 4.69) is 4.99 Å². The largest absolute Gasteiger partial charge is 0.478 e. The Morgan fingerprint density at radius 2 is 1.78 bits per heavy atom. The fraction of sp³-hybridized carbons (Fsp3) is 0.118. The molecule has 0 aliphatic carbocycles. The molecule has 27 heavy (non-hydrogen) atoms. The lowest BCUT2D eigenvalue weighted by molar-refractivity contribution is -0.137. The fourth-order valence-electron chi connectivity index (χ4n) is 2.15. The third-order valence-electron chi connectivity index (χ3n) is 3.49. The van der Waals surface area contributed by atoms with Crippen molar-refractivity contribution in [3.05, 3.63) is 63.7 Å². The Morgan fingerprint density at radius 3 is 2.26 bits per heavy atom. The maximum absolute atomic E-state index is 13.8. The molecule has 0 aliphatic rings. The van der Waals surface area contributed by atoms with Gasteiger partial charge in [0.1, 0.15) is 5.69 Å². The molecule has 2 N–H and O–H groups in total. The van der Waals surface area contributed by atoms with Crippen molar-refractivity contribution >= 4 is 35.7 Å². The van der Waals surface area contributed by atoms with Crippen LogP contribution >= 0.6 is 11.6 Å². The summed E-state index contributed by atoms with van der Waals surface area (Å²) in [6.07, 6.45) is -3.19. The van der Waals surface area contributed by atoms with Gasteiger partial charge in [-0.1, -0.05) is 17.7 Å². The highest BCUT2D eigenvalue weighted by Gasteiger charge is 2.32. The van der Waals surface area contributed by atoms with Crippen molar-refractivity contribution in [1.82, 2.24) is 0 Å². The number of carbonyl (C=O) groups is 1. The predicted octanol–water partition coefficient (Wildman–Crippen LogP) is 5.47. The Bertz CT molecular complexity index is 905. The molecule has 0 radical (unpaired) electrons. The number of rotatable bonds is 5. The first-order valence-electron chi connectivity index (χ1n) is 7.18. The van der Waals surface area contributed by atoms with Crippen LogP contribution in [0.5, 0.6) is 0 Å². The van der Waals surface area contributed by atoms with Crippen molar-refractivity contribution in [1.29, 1.82) is 5.41 Å². The topological polar surface area (TPSA) is 73.5 Å². The van der Waals surface area contributed by atoms with Gasteiger partial charge in [0, 0.05) is 12.4 Å². The number of hydrogen-bond acceptors (Lipinski definition) is 3. The Kier molecular flexibility index (Phi) is 5.94. The second-order valence-electron chi connectivity index (χ2n) is 5.30. The normalized spacial score (nSPS) is 13.0. The molecule has 4 nitrogen and oxygen atoms in total. The van der Waals surface area contributed by atoms with Gasteiger partial charge in [0.2, 0.25) is 0 Å². The minimum atomic E-state index is -4.92. The van der Waals surface area contributed by atoms with E-state index in [0.29, 0.717) is 0 Å². The van der Waals surface area contributed by atoms with Crippen molar-refractivity contribution in [2.24, 2.45) is 4.99 Å². The summed E-state index contributed by atoms with van der Waals surface area (Å²) in [5.41, 5.74) is -2.46. The average molecular weight is 405 g/mol. The first-order chi connectivity index (χ1) is 12.5. The standard InChI is InChI=1S/C17H10ClF5N2O2/c18-12-2-1-8(3-11(12)16(26)27)9(6-24)7-25-15-13(19)4-10(5-14(15)20)17(21,22)23/h1-7,9,24H,(H,26,27). The van der Waals surface area contributed by atoms with Crippen LogP contribution < -0.4 is 0 Å². The number of nitrogens with one attached hydrogen (secondary N) is 1. The number of aliphatic imine (C=N–C) groups is 1. The Labute approximate surface area is 154 Å². The fourth-order valence-corrected chi connectivity index (χ4v) is 2.35. The summed E-state index contributed by atoms with van der Waals surface area (Å²) < 4.78 is 65.3. The number of hydrogen-bond donors (Lipinski definition) is 2. The van der Waals surface area contributed by atoms with E-state index >= 15 is 0 Å². The van der Waals surface area contributed by atoms with E-state index < -0.39 is 40.9 Å². The van der Waals surface area contributed by atoms with Gasteiger partial charge in [-0.2, -0.15) is 13.2 Å². The first kappa shape index (κ1) is 20.5. The summed E-state index contributed by atoms with van der Waals surface area (Å²) in [5, 5.41) is 16.4. The first-order valence-corrected chi connectivity index (χ1v) is 7.56. The van der Waals surface area contributed by atoms with Crippen LogP contribution in [0.3, 0.4) is 0 Å². The van der Waals surface area contributed by atoms with Crippen LogP contribution in [0.1, 0.15) is 27.4 Å². The van der Waals surface area contributed by atoms with Gasteiger partial charge in [-0.05, 0) is 29.8 Å². The van der Waals surface area contributed by atoms with Gasteiger partial charge in [-0.25, -0.2) is 13.6 Å². The molecule has 0 heterocycles. The highest BCUT2D eigenvalue weighted by atomic mass is 35.5. The van der Waals surface area contributed by atoms with Gasteiger partial charge in [0.05, 0.1) is 22.1 Å². The van der Waals surface area contributed by atoms with Gasteiger partial charge >= 0.3 is 12.1 Å². The lowest BCUT2D eigenvalue weighted by atomic mass is 9.99. The Hall–Kier alpha value is -2.81. The zero-order chi connectivity index (χ0) is 20.4. The number of carboxylic acid groups (broad SMARTS) is 1. The van der Waals surface area contributed by atoms with Crippen LogP contribution in [0.4, 0.5) is 27.6 Å². The molecule has 1 unspecified atom stereocenters. The van der Waals surface area contributed by atoms with Crippen LogP contribution in [0, 0.1) is 17.0 Å². The quantitative estimate of drug-likeness (QED) is 0.512. The molecular weight excluding hydrogens is 395 g/mol. The molecule has 0 amide bonds. The number of carboxylic acids is 1. The number of nitrogens with zero attached hydrogens (tertiary/aromatic N) is 1. The van der Waals surface area contributed by atoms with Crippen LogP contribution in [-0.4, -0.2) is 23.5 Å². The summed E-state index contributed by atoms with van der Waals surface area (Å²) in [5.74, 6) is -5.35. The summed E-state index contributed by atoms with van der Waals surface area (Å²) in [4.78, 5) is 14.6. The molecule has 0 aliphatic heterocycles. The van der Waals surface area contributed by atoms with Gasteiger partial charge in [-0.3, -0.25) is 4.99 Å². The lowest BCUT2D eigenvalue weighted by Gasteiger charge is -2.10. The SMILES string of the molecule is N=CC(C=Nc1c(F)cc(C(F)(F)F)cc1F)c1ccc(Cl)c(C(=O)O)c1. The summed E-state index contributed by atoms with van der Waals surface area (Å²) >= 11 is 5.74. The van der Waals surface area contributed by atoms with Crippen LogP contribution in [0.25, 0.3) is 0 Å². The van der Waals surface area contributed by atoms with E-state index in [9.17, 15) is 26.7 Å². The second-order valence-corrected chi connectivity index (χ2v) is 5.71. The third kappa shape index (κ3) is 4.68. The highest BCUT2D eigenvalue weighted by Crippen LogP contribution is 2.34. The molecule has 0 spiro atoms. The van der Waals surface area contributed by atoms with E-state index in [0.717, 1.165) is 18.5 Å². The van der Waals surface area contributed by atoms with Gasteiger partial charge < -0.3 is 10.5 Å². The van der Waals surface area contributed by atoms with E-state index in [4.69, 9.17) is 22.1 Å². The molecule has 0 aromatic heterocycles. The molecular formula is C17H10ClF5N2O2. The molecule has 2 rings (SSSR count). The van der Waals surface area contributed by atoms with E-state index in [1.807, 2.05) is 0 Å². The maximum atomic E-state index is 13.8.